The zero-order chi connectivity index (χ0) is 15.4. The van der Waals surface area contributed by atoms with Gasteiger partial charge in [-0.1, -0.05) is 6.07 Å². The summed E-state index contributed by atoms with van der Waals surface area (Å²) in [5.74, 6) is -0.399. The largest absolute Gasteiger partial charge is 0.504 e. The highest BCUT2D eigenvalue weighted by Gasteiger charge is 2.18. The van der Waals surface area contributed by atoms with Crippen molar-refractivity contribution in [2.75, 3.05) is 19.8 Å². The molecule has 0 amide bonds. The van der Waals surface area contributed by atoms with E-state index in [0.717, 1.165) is 0 Å². The lowest BCUT2D eigenvalue weighted by molar-refractivity contribution is 0.0537. The molecule has 0 aliphatic heterocycles. The first-order valence-corrected chi connectivity index (χ1v) is 6.41. The first-order chi connectivity index (χ1) is 10.1. The Morgan fingerprint density at radius 3 is 2.76 bits per heavy atom. The van der Waals surface area contributed by atoms with Gasteiger partial charge in [0.15, 0.2) is 17.1 Å². The fourth-order valence-electron chi connectivity index (χ4n) is 1.79. The minimum atomic E-state index is -1.05. The zero-order valence-electron chi connectivity index (χ0n) is 11.4. The zero-order valence-corrected chi connectivity index (χ0v) is 11.4. The van der Waals surface area contributed by atoms with Crippen LogP contribution in [0.1, 0.15) is 6.92 Å². The Morgan fingerprint density at radius 2 is 2.10 bits per heavy atom. The molecule has 0 bridgehead atoms. The molecule has 1 atom stereocenters. The monoisotopic (exact) mass is 296 g/mol. The van der Waals surface area contributed by atoms with Gasteiger partial charge in [0.25, 0.3) is 0 Å². The van der Waals surface area contributed by atoms with Gasteiger partial charge >= 0.3 is 5.63 Å². The van der Waals surface area contributed by atoms with E-state index in [0.29, 0.717) is 0 Å². The van der Waals surface area contributed by atoms with Crippen LogP contribution in [0.2, 0.25) is 0 Å². The van der Waals surface area contributed by atoms with Gasteiger partial charge in [-0.2, -0.15) is 0 Å². The number of aliphatic hydroxyl groups is 2. The van der Waals surface area contributed by atoms with E-state index in [1.807, 2.05) is 0 Å². The molecule has 2 aromatic rings. The van der Waals surface area contributed by atoms with E-state index in [9.17, 15) is 15.0 Å². The maximum atomic E-state index is 11.8. The average molecular weight is 296 g/mol. The highest BCUT2D eigenvalue weighted by atomic mass is 16.5. The molecule has 0 fully saturated rings. The number of para-hydroxylation sites is 1. The van der Waals surface area contributed by atoms with E-state index in [4.69, 9.17) is 19.0 Å². The number of aliphatic hydroxyl groups excluding tert-OH is 2. The molecule has 1 heterocycles. The van der Waals surface area contributed by atoms with Crippen LogP contribution in [0.15, 0.2) is 27.4 Å². The van der Waals surface area contributed by atoms with E-state index in [2.05, 4.69) is 0 Å². The van der Waals surface area contributed by atoms with Crippen LogP contribution in [0.5, 0.6) is 17.2 Å². The molecule has 7 heteroatoms. The number of rotatable bonds is 6. The molecule has 114 valence electrons. The Kier molecular flexibility index (Phi) is 4.66. The predicted molar refractivity (Wildman–Crippen MR) is 73.9 cm³/mol. The second kappa shape index (κ2) is 6.47. The maximum Gasteiger partial charge on any atom is 0.383 e. The molecule has 0 saturated heterocycles. The van der Waals surface area contributed by atoms with Crippen molar-refractivity contribution in [3.05, 3.63) is 28.6 Å². The summed E-state index contributed by atoms with van der Waals surface area (Å²) in [7, 11) is 0. The number of hydrogen-bond donors (Lipinski definition) is 3. The molecule has 3 N–H and O–H groups in total. The molecule has 21 heavy (non-hydrogen) atoms. The van der Waals surface area contributed by atoms with Gasteiger partial charge < -0.3 is 29.2 Å². The fraction of sp³-hybridized carbons (Fsp3) is 0.357. The van der Waals surface area contributed by atoms with E-state index < -0.39 is 18.3 Å². The number of ether oxygens (including phenoxy) is 2. The summed E-state index contributed by atoms with van der Waals surface area (Å²) in [5.41, 5.74) is -0.769. The van der Waals surface area contributed by atoms with Crippen molar-refractivity contribution < 1.29 is 29.2 Å². The van der Waals surface area contributed by atoms with Gasteiger partial charge in [0.05, 0.1) is 18.6 Å². The summed E-state index contributed by atoms with van der Waals surface area (Å²) in [6, 6.07) is 4.67. The van der Waals surface area contributed by atoms with E-state index in [1.54, 1.807) is 19.1 Å². The van der Waals surface area contributed by atoms with E-state index in [-0.39, 0.29) is 41.4 Å². The van der Waals surface area contributed by atoms with Gasteiger partial charge in [0.1, 0.15) is 12.7 Å². The molecular formula is C14H16O7. The Hall–Kier alpha value is -2.25. The van der Waals surface area contributed by atoms with Crippen LogP contribution in [0.4, 0.5) is 0 Å². The SMILES string of the molecule is CCOc1c(O)c2cccc(OCC(O)CO)c2oc1=O. The van der Waals surface area contributed by atoms with Crippen LogP contribution >= 0.6 is 0 Å². The summed E-state index contributed by atoms with van der Waals surface area (Å²) in [6.45, 7) is 1.27. The molecule has 2 rings (SSSR count). The Labute approximate surface area is 120 Å². The molecule has 0 radical (unpaired) electrons. The van der Waals surface area contributed by atoms with Crippen molar-refractivity contribution in [3.8, 4) is 17.2 Å². The standard InChI is InChI=1S/C14H16O7/c1-2-19-13-11(17)9-4-3-5-10(12(9)21-14(13)18)20-7-8(16)6-15/h3-5,8,15-17H,2,6-7H2,1H3. The summed E-state index contributed by atoms with van der Waals surface area (Å²) < 4.78 is 15.5. The Morgan fingerprint density at radius 1 is 1.33 bits per heavy atom. The van der Waals surface area contributed by atoms with Gasteiger partial charge in [-0.3, -0.25) is 0 Å². The van der Waals surface area contributed by atoms with Crippen molar-refractivity contribution >= 4 is 11.0 Å². The van der Waals surface area contributed by atoms with Gasteiger partial charge in [-0.15, -0.1) is 0 Å². The maximum absolute atomic E-state index is 11.8. The van der Waals surface area contributed by atoms with Crippen LogP contribution < -0.4 is 15.1 Å². The van der Waals surface area contributed by atoms with Crippen LogP contribution in [0, 0.1) is 0 Å². The molecule has 0 saturated carbocycles. The lowest BCUT2D eigenvalue weighted by Gasteiger charge is -2.12. The molecule has 0 spiro atoms. The minimum absolute atomic E-state index is 0.0496. The molecule has 1 aromatic heterocycles. The molecule has 1 aromatic carbocycles. The third-order valence-corrected chi connectivity index (χ3v) is 2.76. The number of fused-ring (bicyclic) bond motifs is 1. The highest BCUT2D eigenvalue weighted by Crippen LogP contribution is 2.35. The summed E-state index contributed by atoms with van der Waals surface area (Å²) >= 11 is 0. The van der Waals surface area contributed by atoms with Crippen molar-refractivity contribution in [1.29, 1.82) is 0 Å². The molecule has 0 aliphatic rings. The third-order valence-electron chi connectivity index (χ3n) is 2.76. The Bertz CT molecular complexity index is 677. The quantitative estimate of drug-likeness (QED) is 0.671. The molecular weight excluding hydrogens is 280 g/mol. The van der Waals surface area contributed by atoms with Crippen LogP contribution in [0.3, 0.4) is 0 Å². The molecule has 1 unspecified atom stereocenters. The van der Waals surface area contributed by atoms with Gasteiger partial charge in [-0.05, 0) is 19.1 Å². The second-order valence-electron chi connectivity index (χ2n) is 4.28. The fourth-order valence-corrected chi connectivity index (χ4v) is 1.79. The second-order valence-corrected chi connectivity index (χ2v) is 4.28. The van der Waals surface area contributed by atoms with Gasteiger partial charge in [-0.25, -0.2) is 4.79 Å². The van der Waals surface area contributed by atoms with Crippen LogP contribution in [0.25, 0.3) is 11.0 Å². The third kappa shape index (κ3) is 3.09. The minimum Gasteiger partial charge on any atom is -0.504 e. The summed E-state index contributed by atoms with van der Waals surface area (Å²) in [4.78, 5) is 11.8. The number of aromatic hydroxyl groups is 1. The van der Waals surface area contributed by atoms with Crippen LogP contribution in [-0.4, -0.2) is 41.2 Å². The normalized spacial score (nSPS) is 12.3. The number of hydrogen-bond acceptors (Lipinski definition) is 7. The molecule has 7 nitrogen and oxygen atoms in total. The van der Waals surface area contributed by atoms with E-state index in [1.165, 1.54) is 6.07 Å². The first kappa shape index (κ1) is 15.1. The average Bonchev–Trinajstić information content (AvgIpc) is 2.49. The lowest BCUT2D eigenvalue weighted by atomic mass is 10.2. The van der Waals surface area contributed by atoms with Crippen molar-refractivity contribution in [2.24, 2.45) is 0 Å². The lowest BCUT2D eigenvalue weighted by Crippen LogP contribution is -2.21. The summed E-state index contributed by atoms with van der Waals surface area (Å²) in [6.07, 6.45) is -1.05. The highest BCUT2D eigenvalue weighted by molar-refractivity contribution is 5.89. The predicted octanol–water partition coefficient (Wildman–Crippen LogP) is 0.629. The first-order valence-electron chi connectivity index (χ1n) is 6.41. The Balaban J connectivity index is 2.48. The molecule has 0 aliphatic carbocycles. The van der Waals surface area contributed by atoms with Crippen molar-refractivity contribution in [2.45, 2.75) is 13.0 Å². The van der Waals surface area contributed by atoms with Crippen molar-refractivity contribution in [3.63, 3.8) is 0 Å². The van der Waals surface area contributed by atoms with E-state index >= 15 is 0 Å². The summed E-state index contributed by atoms with van der Waals surface area (Å²) in [5, 5.41) is 28.4. The topological polar surface area (TPSA) is 109 Å². The van der Waals surface area contributed by atoms with Gasteiger partial charge in [0, 0.05) is 0 Å². The van der Waals surface area contributed by atoms with Gasteiger partial charge in [0.2, 0.25) is 5.75 Å². The van der Waals surface area contributed by atoms with Crippen molar-refractivity contribution in [1.82, 2.24) is 0 Å². The van der Waals surface area contributed by atoms with Crippen LogP contribution in [-0.2, 0) is 0 Å². The number of benzene rings is 1. The smallest absolute Gasteiger partial charge is 0.383 e.